The third kappa shape index (κ3) is 6.27. The minimum Gasteiger partial charge on any atom is -0.482 e. The number of aliphatic carboxylic acids is 1. The summed E-state index contributed by atoms with van der Waals surface area (Å²) >= 11 is 0. The molecule has 0 spiro atoms. The maximum Gasteiger partial charge on any atom is 0.341 e. The van der Waals surface area contributed by atoms with Crippen LogP contribution in [0.2, 0.25) is 0 Å². The number of carboxylic acids is 1. The highest BCUT2D eigenvalue weighted by Gasteiger charge is 2.27. The lowest BCUT2D eigenvalue weighted by Gasteiger charge is -2.33. The van der Waals surface area contributed by atoms with E-state index in [0.717, 1.165) is 12.8 Å². The molecule has 0 bridgehead atoms. The maximum absolute atomic E-state index is 12.8. The van der Waals surface area contributed by atoms with E-state index in [-0.39, 0.29) is 17.7 Å². The number of hydrogen-bond acceptors (Lipinski definition) is 4. The van der Waals surface area contributed by atoms with Crippen LogP contribution in [0.5, 0.6) is 5.75 Å². The minimum atomic E-state index is -1.07. The topological polar surface area (TPSA) is 95.9 Å². The molecule has 148 valence electrons. The summed E-state index contributed by atoms with van der Waals surface area (Å²) in [5.41, 5.74) is 0.0397. The fraction of sp³-hybridized carbons (Fsp3) is 0.550. The Morgan fingerprint density at radius 3 is 2.70 bits per heavy atom. The van der Waals surface area contributed by atoms with Crippen molar-refractivity contribution in [3.8, 4) is 5.75 Å². The van der Waals surface area contributed by atoms with Crippen molar-refractivity contribution < 1.29 is 24.2 Å². The van der Waals surface area contributed by atoms with Crippen molar-refractivity contribution in [2.75, 3.05) is 26.2 Å². The van der Waals surface area contributed by atoms with E-state index >= 15 is 0 Å². The molecule has 1 atom stereocenters. The Morgan fingerprint density at radius 2 is 2.04 bits per heavy atom. The van der Waals surface area contributed by atoms with Gasteiger partial charge in [-0.05, 0) is 37.0 Å². The van der Waals surface area contributed by atoms with Crippen LogP contribution >= 0.6 is 0 Å². The van der Waals surface area contributed by atoms with Crippen LogP contribution in [0.15, 0.2) is 24.3 Å². The number of nitrogens with zero attached hydrogens (tertiary/aromatic N) is 1. The standard InChI is InChI=1S/C20H28N2O5/c1-20(2,3)19(26)21-11-14-6-5-9-22(12-14)18(25)15-7-4-8-16(10-15)27-13-17(23)24/h4,7-8,10,14H,5-6,9,11-13H2,1-3H3,(H,21,26)(H,23,24). The molecule has 2 rings (SSSR count). The quantitative estimate of drug-likeness (QED) is 0.793. The van der Waals surface area contributed by atoms with Crippen LogP contribution < -0.4 is 10.1 Å². The predicted molar refractivity (Wildman–Crippen MR) is 101 cm³/mol. The molecule has 1 aliphatic rings. The van der Waals surface area contributed by atoms with Gasteiger partial charge in [-0.25, -0.2) is 4.79 Å². The number of amides is 2. The predicted octanol–water partition coefficient (Wildman–Crippen LogP) is 2.16. The highest BCUT2D eigenvalue weighted by Crippen LogP contribution is 2.21. The van der Waals surface area contributed by atoms with Crippen LogP contribution in [0.1, 0.15) is 44.0 Å². The van der Waals surface area contributed by atoms with Crippen LogP contribution in [0.3, 0.4) is 0 Å². The molecule has 0 radical (unpaired) electrons. The van der Waals surface area contributed by atoms with Crippen molar-refractivity contribution in [1.29, 1.82) is 0 Å². The van der Waals surface area contributed by atoms with Gasteiger partial charge in [0.25, 0.3) is 5.91 Å². The molecular weight excluding hydrogens is 348 g/mol. The van der Waals surface area contributed by atoms with E-state index in [4.69, 9.17) is 9.84 Å². The van der Waals surface area contributed by atoms with Gasteiger partial charge >= 0.3 is 5.97 Å². The number of carboxylic acid groups (broad SMARTS) is 1. The smallest absolute Gasteiger partial charge is 0.341 e. The fourth-order valence-corrected chi connectivity index (χ4v) is 2.96. The lowest BCUT2D eigenvalue weighted by atomic mass is 9.94. The number of benzene rings is 1. The Labute approximate surface area is 159 Å². The van der Waals surface area contributed by atoms with Gasteiger partial charge in [0.15, 0.2) is 6.61 Å². The van der Waals surface area contributed by atoms with E-state index in [1.807, 2.05) is 20.8 Å². The van der Waals surface area contributed by atoms with E-state index in [2.05, 4.69) is 5.32 Å². The third-order valence-corrected chi connectivity index (χ3v) is 4.48. The normalized spacial score (nSPS) is 17.3. The zero-order chi connectivity index (χ0) is 20.0. The second-order valence-corrected chi connectivity index (χ2v) is 7.93. The van der Waals surface area contributed by atoms with Crippen LogP contribution in [0.4, 0.5) is 0 Å². The molecule has 27 heavy (non-hydrogen) atoms. The first-order chi connectivity index (χ1) is 12.7. The number of piperidine rings is 1. The van der Waals surface area contributed by atoms with Gasteiger partial charge in [0, 0.05) is 30.6 Å². The molecule has 1 fully saturated rings. The maximum atomic E-state index is 12.8. The second-order valence-electron chi connectivity index (χ2n) is 7.93. The first-order valence-electron chi connectivity index (χ1n) is 9.19. The van der Waals surface area contributed by atoms with Crippen molar-refractivity contribution >= 4 is 17.8 Å². The Morgan fingerprint density at radius 1 is 1.30 bits per heavy atom. The summed E-state index contributed by atoms with van der Waals surface area (Å²) in [7, 11) is 0. The van der Waals surface area contributed by atoms with Gasteiger partial charge in [0.05, 0.1) is 0 Å². The zero-order valence-corrected chi connectivity index (χ0v) is 16.2. The number of carbonyl (C=O) groups excluding carboxylic acids is 2. The van der Waals surface area contributed by atoms with E-state index in [1.54, 1.807) is 29.2 Å². The first kappa shape index (κ1) is 20.7. The minimum absolute atomic E-state index is 0.00855. The summed E-state index contributed by atoms with van der Waals surface area (Å²) in [6.07, 6.45) is 1.85. The van der Waals surface area contributed by atoms with Gasteiger partial charge in [-0.1, -0.05) is 26.8 Å². The van der Waals surface area contributed by atoms with Crippen molar-refractivity contribution in [3.63, 3.8) is 0 Å². The fourth-order valence-electron chi connectivity index (χ4n) is 2.96. The molecule has 1 saturated heterocycles. The lowest BCUT2D eigenvalue weighted by Crippen LogP contribution is -2.45. The van der Waals surface area contributed by atoms with E-state index in [9.17, 15) is 14.4 Å². The first-order valence-corrected chi connectivity index (χ1v) is 9.19. The van der Waals surface area contributed by atoms with Gasteiger partial charge in [0.2, 0.25) is 5.91 Å². The highest BCUT2D eigenvalue weighted by atomic mass is 16.5. The Kier molecular flexibility index (Phi) is 6.82. The summed E-state index contributed by atoms with van der Waals surface area (Å²) in [6, 6.07) is 6.56. The molecule has 1 unspecified atom stereocenters. The molecule has 2 amide bonds. The van der Waals surface area contributed by atoms with Gasteiger partial charge in [-0.15, -0.1) is 0 Å². The lowest BCUT2D eigenvalue weighted by molar-refractivity contribution is -0.139. The van der Waals surface area contributed by atoms with Crippen molar-refractivity contribution in [1.82, 2.24) is 10.2 Å². The zero-order valence-electron chi connectivity index (χ0n) is 16.2. The largest absolute Gasteiger partial charge is 0.482 e. The van der Waals surface area contributed by atoms with Crippen LogP contribution in [-0.4, -0.2) is 54.0 Å². The molecule has 1 heterocycles. The number of likely N-dealkylation sites (tertiary alicyclic amines) is 1. The van der Waals surface area contributed by atoms with Crippen LogP contribution in [-0.2, 0) is 9.59 Å². The van der Waals surface area contributed by atoms with Crippen LogP contribution in [0, 0.1) is 11.3 Å². The highest BCUT2D eigenvalue weighted by molar-refractivity contribution is 5.94. The van der Waals surface area contributed by atoms with Crippen molar-refractivity contribution in [2.24, 2.45) is 11.3 Å². The number of nitrogens with one attached hydrogen (secondary N) is 1. The summed E-state index contributed by atoms with van der Waals surface area (Å²) < 4.78 is 5.15. The summed E-state index contributed by atoms with van der Waals surface area (Å²) in [5.74, 6) is -0.588. The van der Waals surface area contributed by atoms with E-state index in [1.165, 1.54) is 0 Å². The van der Waals surface area contributed by atoms with Gasteiger partial charge in [-0.3, -0.25) is 9.59 Å². The van der Waals surface area contributed by atoms with Crippen LogP contribution in [0.25, 0.3) is 0 Å². The Balaban J connectivity index is 1.95. The number of rotatable bonds is 6. The van der Waals surface area contributed by atoms with Gasteiger partial charge in [-0.2, -0.15) is 0 Å². The molecule has 1 aromatic rings. The average Bonchev–Trinajstić information content (AvgIpc) is 2.63. The van der Waals surface area contributed by atoms with E-state index in [0.29, 0.717) is 30.9 Å². The summed E-state index contributed by atoms with van der Waals surface area (Å²) in [6.45, 7) is 6.99. The van der Waals surface area contributed by atoms with Crippen molar-refractivity contribution in [2.45, 2.75) is 33.6 Å². The molecule has 0 aliphatic carbocycles. The molecule has 2 N–H and O–H groups in total. The SMILES string of the molecule is CC(C)(C)C(=O)NCC1CCCN(C(=O)c2cccc(OCC(=O)O)c2)C1. The molecule has 7 nitrogen and oxygen atoms in total. The summed E-state index contributed by atoms with van der Waals surface area (Å²) in [4.78, 5) is 37.2. The number of ether oxygens (including phenoxy) is 1. The van der Waals surface area contributed by atoms with Gasteiger partial charge < -0.3 is 20.1 Å². The van der Waals surface area contributed by atoms with Crippen molar-refractivity contribution in [3.05, 3.63) is 29.8 Å². The number of carbonyl (C=O) groups is 3. The molecule has 7 heteroatoms. The Bertz CT molecular complexity index is 696. The summed E-state index contributed by atoms with van der Waals surface area (Å²) in [5, 5.41) is 11.7. The third-order valence-electron chi connectivity index (χ3n) is 4.48. The monoisotopic (exact) mass is 376 g/mol. The second kappa shape index (κ2) is 8.88. The van der Waals surface area contributed by atoms with Gasteiger partial charge in [0.1, 0.15) is 5.75 Å². The molecule has 1 aliphatic heterocycles. The molecule has 1 aromatic carbocycles. The average molecular weight is 376 g/mol. The molecule has 0 aromatic heterocycles. The van der Waals surface area contributed by atoms with E-state index < -0.39 is 18.0 Å². The number of hydrogen-bond donors (Lipinski definition) is 2. The molecule has 0 saturated carbocycles. The molecular formula is C20H28N2O5. The Hall–Kier alpha value is -2.57.